The average Bonchev–Trinajstić information content (AvgIpc) is 2.86. The molecule has 0 aromatic heterocycles. The van der Waals surface area contributed by atoms with Gasteiger partial charge in [-0.25, -0.2) is 8.42 Å². The molecule has 0 N–H and O–H groups in total. The molecule has 0 aliphatic heterocycles. The first kappa shape index (κ1) is 14.0. The molecule has 19 heavy (non-hydrogen) atoms. The largest absolute Gasteiger partial charge is 0.243 e. The summed E-state index contributed by atoms with van der Waals surface area (Å²) in [6.45, 7) is 2.44. The Morgan fingerprint density at radius 3 is 2.74 bits per heavy atom. The quantitative estimate of drug-likeness (QED) is 0.828. The minimum atomic E-state index is -3.46. The maximum atomic E-state index is 12.5. The third-order valence-corrected chi connectivity index (χ3v) is 5.50. The highest BCUT2D eigenvalue weighted by Crippen LogP contribution is 2.26. The number of hydrogen-bond acceptors (Lipinski definition) is 3. The van der Waals surface area contributed by atoms with Crippen LogP contribution < -0.4 is 0 Å². The molecule has 0 bridgehead atoms. The van der Waals surface area contributed by atoms with Gasteiger partial charge in [-0.15, -0.1) is 0 Å². The van der Waals surface area contributed by atoms with Crippen LogP contribution in [0.25, 0.3) is 0 Å². The van der Waals surface area contributed by atoms with Gasteiger partial charge in [0, 0.05) is 19.5 Å². The van der Waals surface area contributed by atoms with E-state index in [0.29, 0.717) is 11.4 Å². The second-order valence-corrected chi connectivity index (χ2v) is 6.63. The number of aryl methyl sites for hydroxylation is 2. The molecule has 0 atom stereocenters. The van der Waals surface area contributed by atoms with Gasteiger partial charge in [0.15, 0.2) is 0 Å². The van der Waals surface area contributed by atoms with Gasteiger partial charge in [-0.2, -0.15) is 9.57 Å². The molecule has 0 saturated carbocycles. The number of fused-ring (bicyclic) bond motifs is 1. The fraction of sp³-hybridized carbons (Fsp3) is 0.500. The molecule has 0 fully saturated rings. The van der Waals surface area contributed by atoms with Crippen LogP contribution >= 0.6 is 0 Å². The Balaban J connectivity index is 2.30. The van der Waals surface area contributed by atoms with Crippen molar-refractivity contribution in [2.24, 2.45) is 0 Å². The molecule has 1 aromatic carbocycles. The Morgan fingerprint density at radius 1 is 1.32 bits per heavy atom. The molecule has 4 nitrogen and oxygen atoms in total. The summed E-state index contributed by atoms with van der Waals surface area (Å²) in [6, 6.07) is 7.40. The van der Waals surface area contributed by atoms with Crippen molar-refractivity contribution in [1.82, 2.24) is 4.31 Å². The van der Waals surface area contributed by atoms with Crippen LogP contribution in [-0.4, -0.2) is 25.8 Å². The maximum absolute atomic E-state index is 12.5. The van der Waals surface area contributed by atoms with E-state index in [1.807, 2.05) is 12.1 Å². The zero-order valence-electron chi connectivity index (χ0n) is 11.1. The van der Waals surface area contributed by atoms with E-state index in [-0.39, 0.29) is 13.0 Å². The molecule has 5 heteroatoms. The lowest BCUT2D eigenvalue weighted by Crippen LogP contribution is -2.31. The van der Waals surface area contributed by atoms with Crippen molar-refractivity contribution in [3.8, 4) is 6.07 Å². The van der Waals surface area contributed by atoms with Gasteiger partial charge in [0.25, 0.3) is 0 Å². The zero-order valence-corrected chi connectivity index (χ0v) is 11.9. The Kier molecular flexibility index (Phi) is 4.23. The van der Waals surface area contributed by atoms with Crippen molar-refractivity contribution in [3.63, 3.8) is 0 Å². The standard InChI is InChI=1S/C14H18N2O2S/c1-2-16(10-4-9-15)19(17,18)14-8-7-12-5-3-6-13(12)11-14/h7-8,11H,2-6,10H2,1H3. The van der Waals surface area contributed by atoms with Crippen LogP contribution in [0.15, 0.2) is 23.1 Å². The SMILES string of the molecule is CCN(CCC#N)S(=O)(=O)c1ccc2c(c1)CCC2. The van der Waals surface area contributed by atoms with Crippen LogP contribution in [0, 0.1) is 11.3 Å². The number of nitrogens with zero attached hydrogens (tertiary/aromatic N) is 2. The Morgan fingerprint density at radius 2 is 2.05 bits per heavy atom. The maximum Gasteiger partial charge on any atom is 0.243 e. The fourth-order valence-electron chi connectivity index (χ4n) is 2.48. The van der Waals surface area contributed by atoms with Crippen molar-refractivity contribution >= 4 is 10.0 Å². The Hall–Kier alpha value is -1.38. The van der Waals surface area contributed by atoms with E-state index in [1.54, 1.807) is 19.1 Å². The van der Waals surface area contributed by atoms with E-state index in [2.05, 4.69) is 0 Å². The second-order valence-electron chi connectivity index (χ2n) is 4.69. The van der Waals surface area contributed by atoms with E-state index in [0.717, 1.165) is 24.8 Å². The van der Waals surface area contributed by atoms with Gasteiger partial charge >= 0.3 is 0 Å². The first-order chi connectivity index (χ1) is 9.09. The molecule has 0 saturated heterocycles. The van der Waals surface area contributed by atoms with Crippen molar-refractivity contribution < 1.29 is 8.42 Å². The lowest BCUT2D eigenvalue weighted by Gasteiger charge is -2.19. The van der Waals surface area contributed by atoms with Crippen LogP contribution in [0.2, 0.25) is 0 Å². The number of benzene rings is 1. The number of nitriles is 1. The van der Waals surface area contributed by atoms with Crippen molar-refractivity contribution in [1.29, 1.82) is 5.26 Å². The molecule has 0 heterocycles. The van der Waals surface area contributed by atoms with Crippen LogP contribution in [0.3, 0.4) is 0 Å². The summed E-state index contributed by atoms with van der Waals surface area (Å²) in [6.07, 6.45) is 3.33. The summed E-state index contributed by atoms with van der Waals surface area (Å²) >= 11 is 0. The van der Waals surface area contributed by atoms with Crippen molar-refractivity contribution in [3.05, 3.63) is 29.3 Å². The smallest absolute Gasteiger partial charge is 0.207 e. The minimum Gasteiger partial charge on any atom is -0.207 e. The third kappa shape index (κ3) is 2.80. The number of rotatable bonds is 5. The van der Waals surface area contributed by atoms with Crippen LogP contribution in [0.4, 0.5) is 0 Å². The van der Waals surface area contributed by atoms with Crippen molar-refractivity contribution in [2.75, 3.05) is 13.1 Å². The molecule has 2 rings (SSSR count). The van der Waals surface area contributed by atoms with E-state index < -0.39 is 10.0 Å². The molecule has 1 aliphatic rings. The molecular weight excluding hydrogens is 260 g/mol. The highest BCUT2D eigenvalue weighted by atomic mass is 32.2. The fourth-order valence-corrected chi connectivity index (χ4v) is 3.98. The monoisotopic (exact) mass is 278 g/mol. The van der Waals surface area contributed by atoms with Gasteiger partial charge in [0.2, 0.25) is 10.0 Å². The first-order valence-corrected chi connectivity index (χ1v) is 8.02. The van der Waals surface area contributed by atoms with Crippen LogP contribution in [-0.2, 0) is 22.9 Å². The molecule has 0 radical (unpaired) electrons. The van der Waals surface area contributed by atoms with E-state index >= 15 is 0 Å². The van der Waals surface area contributed by atoms with Crippen LogP contribution in [0.1, 0.15) is 30.9 Å². The van der Waals surface area contributed by atoms with Crippen LogP contribution in [0.5, 0.6) is 0 Å². The Labute approximate surface area is 114 Å². The number of hydrogen-bond donors (Lipinski definition) is 0. The minimum absolute atomic E-state index is 0.220. The van der Waals surface area contributed by atoms with E-state index in [4.69, 9.17) is 5.26 Å². The van der Waals surface area contributed by atoms with Gasteiger partial charge in [-0.05, 0) is 42.5 Å². The van der Waals surface area contributed by atoms with Crippen molar-refractivity contribution in [2.45, 2.75) is 37.5 Å². The summed E-state index contributed by atoms with van der Waals surface area (Å²) in [4.78, 5) is 0.355. The van der Waals surface area contributed by atoms with Gasteiger partial charge in [-0.3, -0.25) is 0 Å². The van der Waals surface area contributed by atoms with E-state index in [1.165, 1.54) is 9.87 Å². The molecule has 1 aliphatic carbocycles. The summed E-state index contributed by atoms with van der Waals surface area (Å²) < 4.78 is 26.3. The molecular formula is C14H18N2O2S. The van der Waals surface area contributed by atoms with Gasteiger partial charge in [0.05, 0.1) is 11.0 Å². The van der Waals surface area contributed by atoms with Gasteiger partial charge in [0.1, 0.15) is 0 Å². The average molecular weight is 278 g/mol. The topological polar surface area (TPSA) is 61.2 Å². The zero-order chi connectivity index (χ0) is 13.9. The lowest BCUT2D eigenvalue weighted by molar-refractivity contribution is 0.435. The normalized spacial score (nSPS) is 14.4. The van der Waals surface area contributed by atoms with E-state index in [9.17, 15) is 8.42 Å². The molecule has 0 amide bonds. The molecule has 102 valence electrons. The molecule has 0 unspecified atom stereocenters. The third-order valence-electron chi connectivity index (χ3n) is 3.53. The molecule has 1 aromatic rings. The summed E-state index contributed by atoms with van der Waals surface area (Å²) in [7, 11) is -3.46. The first-order valence-electron chi connectivity index (χ1n) is 6.58. The number of sulfonamides is 1. The van der Waals surface area contributed by atoms with Gasteiger partial charge < -0.3 is 0 Å². The predicted octanol–water partition coefficient (Wildman–Crippen LogP) is 2.10. The summed E-state index contributed by atoms with van der Waals surface area (Å²) in [5.74, 6) is 0. The summed E-state index contributed by atoms with van der Waals surface area (Å²) in [5, 5.41) is 8.60. The predicted molar refractivity (Wildman–Crippen MR) is 73.1 cm³/mol. The summed E-state index contributed by atoms with van der Waals surface area (Å²) in [5.41, 5.74) is 2.41. The molecule has 0 spiro atoms. The van der Waals surface area contributed by atoms with Gasteiger partial charge in [-0.1, -0.05) is 13.0 Å². The highest BCUT2D eigenvalue weighted by Gasteiger charge is 2.24. The highest BCUT2D eigenvalue weighted by molar-refractivity contribution is 7.89. The Bertz CT molecular complexity index is 602. The lowest BCUT2D eigenvalue weighted by atomic mass is 10.1. The second kappa shape index (κ2) is 5.72.